The van der Waals surface area contributed by atoms with E-state index in [0.717, 1.165) is 37.5 Å². The average Bonchev–Trinajstić information content (AvgIpc) is 2.64. The van der Waals surface area contributed by atoms with Gasteiger partial charge < -0.3 is 15.4 Å². The summed E-state index contributed by atoms with van der Waals surface area (Å²) in [4.78, 5) is 2.60. The molecular weight excluding hydrogens is 308 g/mol. The number of nitrogen functional groups attached to an aromatic ring is 1. The molecule has 0 radical (unpaired) electrons. The minimum absolute atomic E-state index is 0.215. The lowest BCUT2D eigenvalue weighted by Gasteiger charge is -2.45. The number of nitrogens with zero attached hydrogens (tertiary/aromatic N) is 1. The minimum atomic E-state index is 0.215. The second kappa shape index (κ2) is 7.49. The van der Waals surface area contributed by atoms with E-state index >= 15 is 0 Å². The van der Waals surface area contributed by atoms with Crippen LogP contribution in [-0.2, 0) is 11.8 Å². The Morgan fingerprint density at radius 2 is 1.96 bits per heavy atom. The number of ether oxygens (including phenoxy) is 1. The molecule has 134 valence electrons. The third-order valence-electron chi connectivity index (χ3n) is 5.99. The molecule has 1 heterocycles. The Morgan fingerprint density at radius 1 is 1.20 bits per heavy atom. The van der Waals surface area contributed by atoms with Crippen LogP contribution in [0.3, 0.4) is 0 Å². The predicted molar refractivity (Wildman–Crippen MR) is 105 cm³/mol. The molecule has 25 heavy (non-hydrogen) atoms. The molecule has 0 aliphatic carbocycles. The minimum Gasteiger partial charge on any atom is -0.497 e. The number of benzene rings is 2. The molecule has 3 rings (SSSR count). The summed E-state index contributed by atoms with van der Waals surface area (Å²) in [6.07, 6.45) is 2.27. The molecule has 3 heteroatoms. The van der Waals surface area contributed by atoms with Crippen LogP contribution in [-0.4, -0.2) is 31.6 Å². The molecular formula is C22H30N2O. The first kappa shape index (κ1) is 17.8. The van der Waals surface area contributed by atoms with Gasteiger partial charge in [-0.15, -0.1) is 0 Å². The Balaban J connectivity index is 1.62. The Hall–Kier alpha value is -2.00. The number of rotatable bonds is 5. The van der Waals surface area contributed by atoms with Crippen LogP contribution in [0, 0.1) is 5.92 Å². The molecule has 2 atom stereocenters. The highest BCUT2D eigenvalue weighted by molar-refractivity contribution is 5.39. The van der Waals surface area contributed by atoms with E-state index in [1.54, 1.807) is 7.11 Å². The van der Waals surface area contributed by atoms with Crippen molar-refractivity contribution in [2.24, 2.45) is 5.92 Å². The Kier molecular flexibility index (Phi) is 5.33. The molecule has 1 fully saturated rings. The van der Waals surface area contributed by atoms with E-state index in [9.17, 15) is 0 Å². The van der Waals surface area contributed by atoms with Crippen molar-refractivity contribution in [3.63, 3.8) is 0 Å². The molecule has 0 aromatic heterocycles. The standard InChI is InChI=1S/C22H30N2O/c1-17-16-24(13-11-18-7-9-20(23)10-8-18)14-12-22(17,2)19-5-4-6-21(15-19)25-3/h4-10,15,17H,11-14,16,23H2,1-3H3. The number of likely N-dealkylation sites (tertiary alicyclic amines) is 1. The largest absolute Gasteiger partial charge is 0.497 e. The van der Waals surface area contributed by atoms with E-state index in [4.69, 9.17) is 10.5 Å². The van der Waals surface area contributed by atoms with Gasteiger partial charge in [-0.2, -0.15) is 0 Å². The fourth-order valence-corrected chi connectivity index (χ4v) is 3.90. The van der Waals surface area contributed by atoms with Gasteiger partial charge in [0, 0.05) is 18.8 Å². The zero-order chi connectivity index (χ0) is 17.9. The normalized spacial score (nSPS) is 24.2. The Morgan fingerprint density at radius 3 is 2.64 bits per heavy atom. The van der Waals surface area contributed by atoms with Crippen LogP contribution in [0.1, 0.15) is 31.4 Å². The number of hydrogen-bond donors (Lipinski definition) is 1. The lowest BCUT2D eigenvalue weighted by Crippen LogP contribution is -2.47. The van der Waals surface area contributed by atoms with Gasteiger partial charge in [0.2, 0.25) is 0 Å². The van der Waals surface area contributed by atoms with Crippen LogP contribution in [0.5, 0.6) is 5.75 Å². The summed E-state index contributed by atoms with van der Waals surface area (Å²) < 4.78 is 5.42. The Labute approximate surface area is 151 Å². The number of hydrogen-bond acceptors (Lipinski definition) is 3. The lowest BCUT2D eigenvalue weighted by molar-refractivity contribution is 0.112. The summed E-state index contributed by atoms with van der Waals surface area (Å²) in [5.74, 6) is 1.57. The first-order valence-electron chi connectivity index (χ1n) is 9.22. The van der Waals surface area contributed by atoms with Crippen LogP contribution < -0.4 is 10.5 Å². The average molecular weight is 338 g/mol. The molecule has 1 aliphatic heterocycles. The zero-order valence-electron chi connectivity index (χ0n) is 15.7. The molecule has 0 spiro atoms. The maximum absolute atomic E-state index is 5.77. The van der Waals surface area contributed by atoms with E-state index in [2.05, 4.69) is 49.1 Å². The number of anilines is 1. The zero-order valence-corrected chi connectivity index (χ0v) is 15.7. The lowest BCUT2D eigenvalue weighted by atomic mass is 9.68. The van der Waals surface area contributed by atoms with Crippen LogP contribution in [0.15, 0.2) is 48.5 Å². The van der Waals surface area contributed by atoms with Crippen molar-refractivity contribution in [1.82, 2.24) is 4.90 Å². The van der Waals surface area contributed by atoms with Crippen molar-refractivity contribution >= 4 is 5.69 Å². The highest BCUT2D eigenvalue weighted by Crippen LogP contribution is 2.40. The molecule has 0 saturated carbocycles. The van der Waals surface area contributed by atoms with E-state index in [-0.39, 0.29) is 5.41 Å². The van der Waals surface area contributed by atoms with Gasteiger partial charge in [0.15, 0.2) is 0 Å². The van der Waals surface area contributed by atoms with E-state index < -0.39 is 0 Å². The third-order valence-corrected chi connectivity index (χ3v) is 5.99. The van der Waals surface area contributed by atoms with Crippen LogP contribution in [0.25, 0.3) is 0 Å². The van der Waals surface area contributed by atoms with Gasteiger partial charge in [-0.3, -0.25) is 0 Å². The summed E-state index contributed by atoms with van der Waals surface area (Å²) >= 11 is 0. The van der Waals surface area contributed by atoms with E-state index in [0.29, 0.717) is 5.92 Å². The smallest absolute Gasteiger partial charge is 0.119 e. The van der Waals surface area contributed by atoms with Crippen molar-refractivity contribution in [2.75, 3.05) is 32.5 Å². The first-order valence-corrected chi connectivity index (χ1v) is 9.22. The number of piperidine rings is 1. The molecule has 2 unspecified atom stereocenters. The topological polar surface area (TPSA) is 38.5 Å². The Bertz CT molecular complexity index is 697. The van der Waals surface area contributed by atoms with Crippen LogP contribution in [0.4, 0.5) is 5.69 Å². The summed E-state index contributed by atoms with van der Waals surface area (Å²) in [6.45, 7) is 8.19. The molecule has 3 nitrogen and oxygen atoms in total. The van der Waals surface area contributed by atoms with E-state index in [1.165, 1.54) is 17.5 Å². The van der Waals surface area contributed by atoms with Gasteiger partial charge in [0.25, 0.3) is 0 Å². The summed E-state index contributed by atoms with van der Waals surface area (Å²) in [5.41, 5.74) is 9.59. The summed E-state index contributed by atoms with van der Waals surface area (Å²) in [5, 5.41) is 0. The van der Waals surface area contributed by atoms with Crippen molar-refractivity contribution in [3.8, 4) is 5.75 Å². The molecule has 2 N–H and O–H groups in total. The quantitative estimate of drug-likeness (QED) is 0.834. The summed E-state index contributed by atoms with van der Waals surface area (Å²) in [7, 11) is 1.74. The SMILES string of the molecule is COc1cccc(C2(C)CCN(CCc3ccc(N)cc3)CC2C)c1. The first-order chi connectivity index (χ1) is 12.0. The van der Waals surface area contributed by atoms with Gasteiger partial charge in [-0.05, 0) is 66.1 Å². The highest BCUT2D eigenvalue weighted by atomic mass is 16.5. The van der Waals surface area contributed by atoms with Crippen molar-refractivity contribution in [2.45, 2.75) is 32.1 Å². The van der Waals surface area contributed by atoms with Crippen molar-refractivity contribution < 1.29 is 4.74 Å². The molecule has 0 bridgehead atoms. The second-order valence-corrected chi connectivity index (χ2v) is 7.59. The molecule has 0 amide bonds. The van der Waals surface area contributed by atoms with E-state index in [1.807, 2.05) is 18.2 Å². The van der Waals surface area contributed by atoms with Gasteiger partial charge >= 0.3 is 0 Å². The third kappa shape index (κ3) is 3.98. The van der Waals surface area contributed by atoms with Gasteiger partial charge in [-0.1, -0.05) is 38.1 Å². The maximum Gasteiger partial charge on any atom is 0.119 e. The maximum atomic E-state index is 5.77. The molecule has 2 aromatic rings. The van der Waals surface area contributed by atoms with Crippen LogP contribution >= 0.6 is 0 Å². The fraction of sp³-hybridized carbons (Fsp3) is 0.455. The van der Waals surface area contributed by atoms with Gasteiger partial charge in [0.05, 0.1) is 7.11 Å². The predicted octanol–water partition coefficient (Wildman–Crippen LogP) is 4.12. The number of nitrogens with two attached hydrogens (primary N) is 1. The van der Waals surface area contributed by atoms with Gasteiger partial charge in [-0.25, -0.2) is 0 Å². The monoisotopic (exact) mass is 338 g/mol. The van der Waals surface area contributed by atoms with Crippen molar-refractivity contribution in [1.29, 1.82) is 0 Å². The highest BCUT2D eigenvalue weighted by Gasteiger charge is 2.37. The van der Waals surface area contributed by atoms with Gasteiger partial charge in [0.1, 0.15) is 5.75 Å². The fourth-order valence-electron chi connectivity index (χ4n) is 3.90. The molecule has 2 aromatic carbocycles. The molecule has 1 saturated heterocycles. The number of methoxy groups -OCH3 is 1. The van der Waals surface area contributed by atoms with Crippen molar-refractivity contribution in [3.05, 3.63) is 59.7 Å². The summed E-state index contributed by atoms with van der Waals surface area (Å²) in [6, 6.07) is 16.9. The second-order valence-electron chi connectivity index (χ2n) is 7.59. The van der Waals surface area contributed by atoms with Crippen LogP contribution in [0.2, 0.25) is 0 Å². The molecule has 1 aliphatic rings.